The standard InChI is InChI=1S/C19H21NO3/c1-21-12-13-22-14-15-6-8-16(9-7-15)17-4-2-3-5-18(17)19-10-11-23-20-19/h2-10,20H,11-14H2,1H3. The topological polar surface area (TPSA) is 39.7 Å². The third-order valence-electron chi connectivity index (χ3n) is 3.74. The van der Waals surface area contributed by atoms with Crippen molar-refractivity contribution in [3.63, 3.8) is 0 Å². The van der Waals surface area contributed by atoms with Crippen LogP contribution in [0.4, 0.5) is 0 Å². The molecule has 1 heterocycles. The van der Waals surface area contributed by atoms with E-state index in [1.807, 2.05) is 6.07 Å². The zero-order valence-corrected chi connectivity index (χ0v) is 13.2. The molecule has 2 aromatic carbocycles. The normalized spacial score (nSPS) is 13.7. The van der Waals surface area contributed by atoms with Gasteiger partial charge >= 0.3 is 0 Å². The first-order chi connectivity index (χ1) is 11.4. The fourth-order valence-electron chi connectivity index (χ4n) is 2.53. The van der Waals surface area contributed by atoms with E-state index in [9.17, 15) is 0 Å². The highest BCUT2D eigenvalue weighted by atomic mass is 16.6. The van der Waals surface area contributed by atoms with Crippen molar-refractivity contribution in [3.05, 3.63) is 65.7 Å². The molecule has 120 valence electrons. The van der Waals surface area contributed by atoms with Crippen molar-refractivity contribution in [1.29, 1.82) is 0 Å². The van der Waals surface area contributed by atoms with Gasteiger partial charge in [0.25, 0.3) is 0 Å². The molecule has 0 aromatic heterocycles. The minimum absolute atomic E-state index is 0.599. The molecule has 4 nitrogen and oxygen atoms in total. The summed E-state index contributed by atoms with van der Waals surface area (Å²) in [5, 5.41) is 0. The summed E-state index contributed by atoms with van der Waals surface area (Å²) in [5.74, 6) is 0. The zero-order valence-electron chi connectivity index (χ0n) is 13.2. The van der Waals surface area contributed by atoms with Gasteiger partial charge in [-0.2, -0.15) is 0 Å². The van der Waals surface area contributed by atoms with Crippen molar-refractivity contribution in [2.24, 2.45) is 0 Å². The summed E-state index contributed by atoms with van der Waals surface area (Å²) in [4.78, 5) is 5.22. The van der Waals surface area contributed by atoms with Gasteiger partial charge < -0.3 is 9.47 Å². The minimum atomic E-state index is 0.599. The molecular formula is C19H21NO3. The van der Waals surface area contributed by atoms with Gasteiger partial charge in [-0.1, -0.05) is 48.5 Å². The highest BCUT2D eigenvalue weighted by molar-refractivity contribution is 5.80. The van der Waals surface area contributed by atoms with E-state index in [1.165, 1.54) is 11.1 Å². The van der Waals surface area contributed by atoms with E-state index in [2.05, 4.69) is 54.0 Å². The largest absolute Gasteiger partial charge is 0.382 e. The predicted molar refractivity (Wildman–Crippen MR) is 90.5 cm³/mol. The Bertz CT molecular complexity index is 665. The van der Waals surface area contributed by atoms with Gasteiger partial charge in [0.05, 0.1) is 32.1 Å². The summed E-state index contributed by atoms with van der Waals surface area (Å²) in [6.45, 7) is 2.43. The second-order valence-corrected chi connectivity index (χ2v) is 5.32. The Morgan fingerprint density at radius 1 is 1.00 bits per heavy atom. The Morgan fingerprint density at radius 2 is 1.78 bits per heavy atom. The van der Waals surface area contributed by atoms with Crippen molar-refractivity contribution in [3.8, 4) is 11.1 Å². The molecule has 0 atom stereocenters. The van der Waals surface area contributed by atoms with Crippen LogP contribution < -0.4 is 5.48 Å². The first-order valence-electron chi connectivity index (χ1n) is 7.72. The maximum atomic E-state index is 5.55. The van der Waals surface area contributed by atoms with Gasteiger partial charge in [-0.05, 0) is 22.8 Å². The molecule has 23 heavy (non-hydrogen) atoms. The van der Waals surface area contributed by atoms with Crippen LogP contribution in [0.5, 0.6) is 0 Å². The van der Waals surface area contributed by atoms with E-state index >= 15 is 0 Å². The Kier molecular flexibility index (Phi) is 5.42. The lowest BCUT2D eigenvalue weighted by Crippen LogP contribution is -2.05. The highest BCUT2D eigenvalue weighted by Crippen LogP contribution is 2.29. The maximum absolute atomic E-state index is 5.55. The van der Waals surface area contributed by atoms with Gasteiger partial charge in [0.2, 0.25) is 0 Å². The Morgan fingerprint density at radius 3 is 2.48 bits per heavy atom. The molecule has 0 saturated carbocycles. The molecular weight excluding hydrogens is 290 g/mol. The molecule has 0 saturated heterocycles. The minimum Gasteiger partial charge on any atom is -0.382 e. The molecule has 1 aliphatic heterocycles. The average Bonchev–Trinajstić information content (AvgIpc) is 3.14. The van der Waals surface area contributed by atoms with E-state index in [1.54, 1.807) is 7.11 Å². The summed E-state index contributed by atoms with van der Waals surface area (Å²) >= 11 is 0. The molecule has 4 heteroatoms. The molecule has 0 fully saturated rings. The van der Waals surface area contributed by atoms with Crippen LogP contribution in [0.2, 0.25) is 0 Å². The van der Waals surface area contributed by atoms with Crippen LogP contribution in [-0.2, 0) is 20.9 Å². The van der Waals surface area contributed by atoms with Crippen molar-refractivity contribution >= 4 is 5.70 Å². The lowest BCUT2D eigenvalue weighted by atomic mass is 9.97. The summed E-state index contributed by atoms with van der Waals surface area (Å²) in [5.41, 5.74) is 8.65. The van der Waals surface area contributed by atoms with Crippen LogP contribution >= 0.6 is 0 Å². The quantitative estimate of drug-likeness (QED) is 0.796. The van der Waals surface area contributed by atoms with Crippen LogP contribution in [0.1, 0.15) is 11.1 Å². The molecule has 3 rings (SSSR count). The SMILES string of the molecule is COCCOCc1ccc(-c2ccccc2C2=CCON2)cc1. The Hall–Kier alpha value is -2.14. The third-order valence-corrected chi connectivity index (χ3v) is 3.74. The molecule has 0 amide bonds. The van der Waals surface area contributed by atoms with Crippen LogP contribution in [0.15, 0.2) is 54.6 Å². The lowest BCUT2D eigenvalue weighted by molar-refractivity contribution is 0.0617. The van der Waals surface area contributed by atoms with Crippen molar-refractivity contribution < 1.29 is 14.3 Å². The smallest absolute Gasteiger partial charge is 0.0951 e. The van der Waals surface area contributed by atoms with E-state index in [4.69, 9.17) is 14.3 Å². The Balaban J connectivity index is 1.75. The van der Waals surface area contributed by atoms with E-state index < -0.39 is 0 Å². The third kappa shape index (κ3) is 3.99. The number of ether oxygens (including phenoxy) is 2. The van der Waals surface area contributed by atoms with Gasteiger partial charge in [0, 0.05) is 12.7 Å². The summed E-state index contributed by atoms with van der Waals surface area (Å²) < 4.78 is 10.5. The number of rotatable bonds is 7. The number of hydroxylamine groups is 1. The highest BCUT2D eigenvalue weighted by Gasteiger charge is 2.12. The second kappa shape index (κ2) is 7.92. The fraction of sp³-hybridized carbons (Fsp3) is 0.263. The van der Waals surface area contributed by atoms with Crippen LogP contribution in [0.25, 0.3) is 16.8 Å². The van der Waals surface area contributed by atoms with Crippen molar-refractivity contribution in [1.82, 2.24) is 5.48 Å². The molecule has 2 aromatic rings. The summed E-state index contributed by atoms with van der Waals surface area (Å²) in [6.07, 6.45) is 2.05. The fourth-order valence-corrected chi connectivity index (χ4v) is 2.53. The number of methoxy groups -OCH3 is 1. The van der Waals surface area contributed by atoms with Crippen molar-refractivity contribution in [2.45, 2.75) is 6.61 Å². The maximum Gasteiger partial charge on any atom is 0.0951 e. The molecule has 0 radical (unpaired) electrons. The van der Waals surface area contributed by atoms with E-state index in [0.717, 1.165) is 16.8 Å². The number of hydrogen-bond acceptors (Lipinski definition) is 4. The van der Waals surface area contributed by atoms with Gasteiger partial charge in [-0.25, -0.2) is 0 Å². The molecule has 0 aliphatic carbocycles. The number of nitrogens with one attached hydrogen (secondary N) is 1. The van der Waals surface area contributed by atoms with E-state index in [0.29, 0.717) is 26.4 Å². The second-order valence-electron chi connectivity index (χ2n) is 5.32. The van der Waals surface area contributed by atoms with Crippen molar-refractivity contribution in [2.75, 3.05) is 26.9 Å². The Labute approximate surface area is 136 Å². The van der Waals surface area contributed by atoms with Gasteiger partial charge in [0.1, 0.15) is 0 Å². The molecule has 0 spiro atoms. The molecule has 1 N–H and O–H groups in total. The molecule has 1 aliphatic rings. The monoisotopic (exact) mass is 311 g/mol. The lowest BCUT2D eigenvalue weighted by Gasteiger charge is -2.11. The molecule has 0 bridgehead atoms. The first kappa shape index (κ1) is 15.7. The molecule has 0 unspecified atom stereocenters. The van der Waals surface area contributed by atoms with Crippen LogP contribution in [-0.4, -0.2) is 26.9 Å². The summed E-state index contributed by atoms with van der Waals surface area (Å²) in [7, 11) is 1.68. The van der Waals surface area contributed by atoms with Gasteiger partial charge in [-0.3, -0.25) is 10.3 Å². The van der Waals surface area contributed by atoms with Crippen LogP contribution in [0.3, 0.4) is 0 Å². The predicted octanol–water partition coefficient (Wildman–Crippen LogP) is 3.39. The first-order valence-corrected chi connectivity index (χ1v) is 7.72. The zero-order chi connectivity index (χ0) is 15.9. The summed E-state index contributed by atoms with van der Waals surface area (Å²) in [6, 6.07) is 16.8. The average molecular weight is 311 g/mol. The van der Waals surface area contributed by atoms with Gasteiger partial charge in [0.15, 0.2) is 0 Å². The number of benzene rings is 2. The van der Waals surface area contributed by atoms with E-state index in [-0.39, 0.29) is 0 Å². The van der Waals surface area contributed by atoms with Gasteiger partial charge in [-0.15, -0.1) is 0 Å². The number of hydrogen-bond donors (Lipinski definition) is 1. The van der Waals surface area contributed by atoms with Crippen LogP contribution in [0, 0.1) is 0 Å².